The number of ketones is 1. The molecule has 2 aromatic rings. The summed E-state index contributed by atoms with van der Waals surface area (Å²) >= 11 is 3.58. The molecule has 0 bridgehead atoms. The Morgan fingerprint density at radius 1 is 0.917 bits per heavy atom. The van der Waals surface area contributed by atoms with Gasteiger partial charge in [-0.05, 0) is 56.3 Å². The van der Waals surface area contributed by atoms with Crippen molar-refractivity contribution < 1.29 is 18.7 Å². The van der Waals surface area contributed by atoms with Crippen LogP contribution >= 0.6 is 15.9 Å². The Balaban J connectivity index is 1.77. The lowest BCUT2D eigenvalue weighted by molar-refractivity contribution is -0.262. The molecule has 6 heteroatoms. The lowest BCUT2D eigenvalue weighted by Crippen LogP contribution is -2.67. The van der Waals surface area contributed by atoms with Crippen LogP contribution in [-0.2, 0) is 18.7 Å². The standard InChI is InChI=1S/C30H37BrO4Si/c1-6-29(7-2)21-33-30(34-22-29)19-18-26(32)27(31)25(30)20-35-36(28(3,4)5,23-14-10-8-11-15-23)24-16-12-9-13-17-24/h8-19H,6-7,20-22H2,1-5H3. The highest BCUT2D eigenvalue weighted by molar-refractivity contribution is 9.12. The van der Waals surface area contributed by atoms with E-state index in [1.54, 1.807) is 12.2 Å². The third-order valence-corrected chi connectivity index (χ3v) is 13.7. The highest BCUT2D eigenvalue weighted by Gasteiger charge is 2.52. The minimum absolute atomic E-state index is 0.0169. The number of rotatable bonds is 7. The van der Waals surface area contributed by atoms with Crippen molar-refractivity contribution in [2.24, 2.45) is 5.41 Å². The summed E-state index contributed by atoms with van der Waals surface area (Å²) in [6.45, 7) is 12.4. The van der Waals surface area contributed by atoms with Crippen molar-refractivity contribution in [3.8, 4) is 0 Å². The highest BCUT2D eigenvalue weighted by atomic mass is 79.9. The number of allylic oxidation sites excluding steroid dienone is 2. The maximum atomic E-state index is 12.8. The van der Waals surface area contributed by atoms with Gasteiger partial charge in [0.1, 0.15) is 0 Å². The van der Waals surface area contributed by atoms with Crippen molar-refractivity contribution in [1.29, 1.82) is 0 Å². The SMILES string of the molecule is CCC1(CC)COC2(C=CC(=O)C(Br)=C2CO[Si](c2ccccc2)(c2ccccc2)C(C)(C)C)OC1. The molecule has 0 aromatic heterocycles. The summed E-state index contributed by atoms with van der Waals surface area (Å²) in [5.74, 6) is -1.21. The van der Waals surface area contributed by atoms with Crippen molar-refractivity contribution in [3.63, 3.8) is 0 Å². The summed E-state index contributed by atoms with van der Waals surface area (Å²) in [4.78, 5) is 12.8. The summed E-state index contributed by atoms with van der Waals surface area (Å²) in [7, 11) is -2.81. The van der Waals surface area contributed by atoms with Crippen LogP contribution in [0.3, 0.4) is 0 Å². The second-order valence-electron chi connectivity index (χ2n) is 10.9. The molecule has 2 aromatic carbocycles. The van der Waals surface area contributed by atoms with Gasteiger partial charge in [-0.1, -0.05) is 95.3 Å². The van der Waals surface area contributed by atoms with Gasteiger partial charge < -0.3 is 13.9 Å². The molecule has 1 aliphatic heterocycles. The largest absolute Gasteiger partial charge is 0.403 e. The summed E-state index contributed by atoms with van der Waals surface area (Å²) in [6.07, 6.45) is 5.25. The van der Waals surface area contributed by atoms with Crippen molar-refractivity contribution in [3.05, 3.63) is 82.9 Å². The third kappa shape index (κ3) is 4.74. The molecule has 1 fully saturated rings. The van der Waals surface area contributed by atoms with Crippen molar-refractivity contribution in [2.45, 2.75) is 58.3 Å². The van der Waals surface area contributed by atoms with Crippen LogP contribution in [0.4, 0.5) is 0 Å². The fourth-order valence-corrected chi connectivity index (χ4v) is 10.3. The molecule has 4 nitrogen and oxygen atoms in total. The van der Waals surface area contributed by atoms with Gasteiger partial charge >= 0.3 is 0 Å². The normalized spacial score (nSPS) is 19.7. The highest BCUT2D eigenvalue weighted by Crippen LogP contribution is 2.44. The van der Waals surface area contributed by atoms with E-state index in [9.17, 15) is 4.79 Å². The average molecular weight is 570 g/mol. The predicted octanol–water partition coefficient (Wildman–Crippen LogP) is 5.90. The van der Waals surface area contributed by atoms with E-state index in [4.69, 9.17) is 13.9 Å². The molecule has 1 saturated heterocycles. The molecule has 0 unspecified atom stereocenters. The van der Waals surface area contributed by atoms with Gasteiger partial charge in [0, 0.05) is 11.0 Å². The number of benzene rings is 2. The smallest absolute Gasteiger partial charge is 0.261 e. The Hall–Kier alpha value is -1.83. The van der Waals surface area contributed by atoms with E-state index in [-0.39, 0.29) is 22.8 Å². The molecule has 2 aliphatic rings. The molecule has 4 rings (SSSR count). The third-order valence-electron chi connectivity index (χ3n) is 7.89. The Labute approximate surface area is 225 Å². The number of halogens is 1. The van der Waals surface area contributed by atoms with Crippen molar-refractivity contribution >= 4 is 40.4 Å². The van der Waals surface area contributed by atoms with Crippen LogP contribution in [0, 0.1) is 5.41 Å². The van der Waals surface area contributed by atoms with Gasteiger partial charge in [-0.3, -0.25) is 4.79 Å². The monoisotopic (exact) mass is 568 g/mol. The molecule has 0 N–H and O–H groups in total. The first-order chi connectivity index (χ1) is 17.1. The van der Waals surface area contributed by atoms with Gasteiger partial charge in [-0.25, -0.2) is 0 Å². The van der Waals surface area contributed by atoms with E-state index in [0.29, 0.717) is 23.3 Å². The van der Waals surface area contributed by atoms with Gasteiger partial charge in [0.15, 0.2) is 5.78 Å². The van der Waals surface area contributed by atoms with Crippen molar-refractivity contribution in [2.75, 3.05) is 19.8 Å². The fourth-order valence-electron chi connectivity index (χ4n) is 5.30. The van der Waals surface area contributed by atoms with Crippen LogP contribution in [0.2, 0.25) is 5.04 Å². The first kappa shape index (κ1) is 27.2. The summed E-state index contributed by atoms with van der Waals surface area (Å²) < 4.78 is 20.6. The Morgan fingerprint density at radius 2 is 1.42 bits per heavy atom. The lowest BCUT2D eigenvalue weighted by atomic mass is 9.82. The van der Waals surface area contributed by atoms with Gasteiger partial charge in [0.2, 0.25) is 5.79 Å². The van der Waals surface area contributed by atoms with E-state index < -0.39 is 14.1 Å². The van der Waals surface area contributed by atoms with Crippen LogP contribution in [0.15, 0.2) is 82.9 Å². The molecule has 192 valence electrons. The van der Waals surface area contributed by atoms with E-state index in [1.807, 2.05) is 12.1 Å². The molecule has 0 amide bonds. The quantitative estimate of drug-likeness (QED) is 0.390. The van der Waals surface area contributed by atoms with E-state index >= 15 is 0 Å². The molecule has 1 spiro atoms. The van der Waals surface area contributed by atoms with Gasteiger partial charge in [-0.2, -0.15) is 0 Å². The molecular formula is C30H37BrO4Si. The second kappa shape index (κ2) is 10.5. The zero-order chi connectivity index (χ0) is 26.0. The van der Waals surface area contributed by atoms with Crippen LogP contribution in [0.1, 0.15) is 47.5 Å². The molecule has 1 heterocycles. The molecule has 36 heavy (non-hydrogen) atoms. The van der Waals surface area contributed by atoms with Gasteiger partial charge in [0.25, 0.3) is 8.32 Å². The number of carbonyl (C=O) groups excluding carboxylic acids is 1. The number of hydrogen-bond acceptors (Lipinski definition) is 4. The van der Waals surface area contributed by atoms with Gasteiger partial charge in [-0.15, -0.1) is 0 Å². The number of hydrogen-bond donors (Lipinski definition) is 0. The first-order valence-corrected chi connectivity index (χ1v) is 15.5. The van der Waals surface area contributed by atoms with E-state index in [0.717, 1.165) is 12.8 Å². The Kier molecular flexibility index (Phi) is 7.94. The van der Waals surface area contributed by atoms with Crippen LogP contribution in [0.5, 0.6) is 0 Å². The summed E-state index contributed by atoms with van der Waals surface area (Å²) in [5.41, 5.74) is 0.681. The number of ether oxygens (including phenoxy) is 2. The Bertz CT molecular complexity index is 1080. The maximum Gasteiger partial charge on any atom is 0.261 e. The maximum absolute atomic E-state index is 12.8. The van der Waals surface area contributed by atoms with Crippen LogP contribution in [0.25, 0.3) is 0 Å². The average Bonchev–Trinajstić information content (AvgIpc) is 2.90. The minimum Gasteiger partial charge on any atom is -0.403 e. The molecular weight excluding hydrogens is 532 g/mol. The summed E-state index contributed by atoms with van der Waals surface area (Å²) in [6, 6.07) is 21.0. The van der Waals surface area contributed by atoms with Gasteiger partial charge in [0.05, 0.1) is 24.3 Å². The molecule has 0 atom stereocenters. The predicted molar refractivity (Wildman–Crippen MR) is 151 cm³/mol. The van der Waals surface area contributed by atoms with Crippen LogP contribution in [-0.4, -0.2) is 39.7 Å². The topological polar surface area (TPSA) is 44.8 Å². The van der Waals surface area contributed by atoms with E-state index in [2.05, 4.69) is 99.1 Å². The molecule has 0 saturated carbocycles. The minimum atomic E-state index is -2.81. The number of carbonyl (C=O) groups is 1. The zero-order valence-corrected chi connectivity index (χ0v) is 24.6. The first-order valence-electron chi connectivity index (χ1n) is 12.8. The molecule has 1 aliphatic carbocycles. The lowest BCUT2D eigenvalue weighted by Gasteiger charge is -2.48. The zero-order valence-electron chi connectivity index (χ0n) is 22.0. The summed E-state index contributed by atoms with van der Waals surface area (Å²) in [5, 5.41) is 2.19. The second-order valence-corrected chi connectivity index (χ2v) is 16.0. The Morgan fingerprint density at radius 3 is 1.86 bits per heavy atom. The van der Waals surface area contributed by atoms with E-state index in [1.165, 1.54) is 10.4 Å². The van der Waals surface area contributed by atoms with Crippen LogP contribution < -0.4 is 10.4 Å². The fraction of sp³-hybridized carbons (Fsp3) is 0.433. The molecule has 0 radical (unpaired) electrons. The van der Waals surface area contributed by atoms with Crippen molar-refractivity contribution in [1.82, 2.24) is 0 Å².